The molecular weight excluding hydrogens is 458 g/mol. The molecule has 0 saturated carbocycles. The number of rotatable bonds is 7. The summed E-state index contributed by atoms with van der Waals surface area (Å²) in [6, 6.07) is 24.5. The molecule has 0 aliphatic carbocycles. The number of carboxylic acids is 1. The van der Waals surface area contributed by atoms with Crippen molar-refractivity contribution in [2.75, 3.05) is 4.90 Å². The van der Waals surface area contributed by atoms with Crippen LogP contribution in [0.5, 0.6) is 0 Å². The Bertz CT molecular complexity index is 1420. The summed E-state index contributed by atoms with van der Waals surface area (Å²) in [5.41, 5.74) is 9.73. The monoisotopic (exact) mass is 492 g/mol. The normalized spacial score (nSPS) is 17.2. The van der Waals surface area contributed by atoms with Gasteiger partial charge in [-0.1, -0.05) is 67.9 Å². The number of aliphatic carboxylic acids is 1. The Balaban J connectivity index is 1.58. The van der Waals surface area contributed by atoms with Gasteiger partial charge < -0.3 is 10.0 Å². The van der Waals surface area contributed by atoms with Crippen molar-refractivity contribution in [1.82, 2.24) is 5.10 Å². The van der Waals surface area contributed by atoms with Crippen LogP contribution in [-0.2, 0) is 24.7 Å². The number of H-pyrrole nitrogens is 1. The Kier molecular flexibility index (Phi) is 6.95. The molecule has 3 aromatic carbocycles. The fraction of sp³-hybridized carbons (Fsp3) is 0.250. The van der Waals surface area contributed by atoms with Gasteiger partial charge in [-0.15, -0.1) is 4.68 Å². The van der Waals surface area contributed by atoms with Crippen molar-refractivity contribution in [3.8, 4) is 11.1 Å². The van der Waals surface area contributed by atoms with Crippen molar-refractivity contribution in [3.05, 3.63) is 113 Å². The Morgan fingerprint density at radius 3 is 2.49 bits per heavy atom. The highest BCUT2D eigenvalue weighted by atomic mass is 16.4. The van der Waals surface area contributed by atoms with E-state index in [1.165, 1.54) is 45.1 Å². The molecule has 5 rings (SSSR count). The molecule has 37 heavy (non-hydrogen) atoms. The minimum absolute atomic E-state index is 0.0599. The number of nitrogens with one attached hydrogen (secondary N) is 1. The smallest absolute Gasteiger partial charge is 0.328 e. The molecule has 1 aromatic heterocycles. The summed E-state index contributed by atoms with van der Waals surface area (Å²) in [6.45, 7) is 4.52. The second-order valence-electron chi connectivity index (χ2n) is 10.0. The van der Waals surface area contributed by atoms with Gasteiger partial charge in [-0.3, -0.25) is 0 Å². The molecule has 0 bridgehead atoms. The van der Waals surface area contributed by atoms with Gasteiger partial charge >= 0.3 is 5.97 Å². The lowest BCUT2D eigenvalue weighted by atomic mass is 9.83. The van der Waals surface area contributed by atoms with E-state index in [1.54, 1.807) is 6.08 Å². The standard InChI is InChI=1S/C32H33N3O2/c1-4-5-23-8-14-29(15-9-23)35-22(2)18-27-19-26(28-20-33-34(3)21-28)13-16-30(27)32(35)25-11-6-24(7-12-25)10-17-31(36)37/h6-17,19-22,32H,4-5,18H2,1-3H3,(H,36,37)/p+1/b17-10+. The van der Waals surface area contributed by atoms with Crippen molar-refractivity contribution in [3.63, 3.8) is 0 Å². The number of nitrogens with zero attached hydrogens (tertiary/aromatic N) is 2. The number of hydrogen-bond donors (Lipinski definition) is 2. The van der Waals surface area contributed by atoms with Crippen LogP contribution in [0.25, 0.3) is 17.2 Å². The molecule has 2 atom stereocenters. The maximum atomic E-state index is 11.0. The zero-order valence-corrected chi connectivity index (χ0v) is 21.7. The van der Waals surface area contributed by atoms with Gasteiger partial charge in [0.15, 0.2) is 7.05 Å². The maximum Gasteiger partial charge on any atom is 0.328 e. The molecule has 0 fully saturated rings. The van der Waals surface area contributed by atoms with Crippen molar-refractivity contribution in [2.45, 2.75) is 45.2 Å². The largest absolute Gasteiger partial charge is 0.478 e. The molecule has 2 heterocycles. The Labute approximate surface area is 218 Å². The molecule has 5 heteroatoms. The second-order valence-corrected chi connectivity index (χ2v) is 10.0. The summed E-state index contributed by atoms with van der Waals surface area (Å²) >= 11 is 0. The first-order valence-electron chi connectivity index (χ1n) is 13.0. The minimum atomic E-state index is -0.941. The lowest BCUT2D eigenvalue weighted by Gasteiger charge is -2.44. The maximum absolute atomic E-state index is 11.0. The van der Waals surface area contributed by atoms with Crippen LogP contribution in [0.4, 0.5) is 5.69 Å². The van der Waals surface area contributed by atoms with E-state index in [0.29, 0.717) is 6.04 Å². The van der Waals surface area contributed by atoms with Crippen molar-refractivity contribution in [2.24, 2.45) is 7.05 Å². The van der Waals surface area contributed by atoms with Gasteiger partial charge in [-0.25, -0.2) is 4.79 Å². The van der Waals surface area contributed by atoms with Gasteiger partial charge in [0.1, 0.15) is 0 Å². The summed E-state index contributed by atoms with van der Waals surface area (Å²) in [5.74, 6) is -0.941. The summed E-state index contributed by atoms with van der Waals surface area (Å²) in [4.78, 5) is 13.5. The van der Waals surface area contributed by atoms with E-state index in [-0.39, 0.29) is 6.04 Å². The van der Waals surface area contributed by atoms with Crippen LogP contribution in [0, 0.1) is 0 Å². The number of aromatic nitrogens is 2. The third kappa shape index (κ3) is 5.21. The first kappa shape index (κ1) is 24.6. The van der Waals surface area contributed by atoms with Crippen molar-refractivity contribution in [1.29, 1.82) is 0 Å². The van der Waals surface area contributed by atoms with Crippen molar-refractivity contribution < 1.29 is 14.6 Å². The predicted molar refractivity (Wildman–Crippen MR) is 148 cm³/mol. The molecule has 4 aromatic rings. The number of aromatic amines is 1. The summed E-state index contributed by atoms with van der Waals surface area (Å²) < 4.78 is 1.96. The van der Waals surface area contributed by atoms with Gasteiger partial charge in [-0.05, 0) is 71.4 Å². The Morgan fingerprint density at radius 1 is 1.08 bits per heavy atom. The number of carbonyl (C=O) groups is 1. The average molecular weight is 493 g/mol. The Morgan fingerprint density at radius 2 is 1.84 bits per heavy atom. The highest BCUT2D eigenvalue weighted by Gasteiger charge is 2.33. The van der Waals surface area contributed by atoms with Gasteiger partial charge in [0.05, 0.1) is 17.8 Å². The quantitative estimate of drug-likeness (QED) is 0.242. The number of fused-ring (bicyclic) bond motifs is 1. The summed E-state index contributed by atoms with van der Waals surface area (Å²) in [5, 5.41) is 12.2. The van der Waals surface area contributed by atoms with Crippen LogP contribution in [0.2, 0.25) is 0 Å². The molecule has 0 saturated heterocycles. The zero-order chi connectivity index (χ0) is 25.9. The van der Waals surface area contributed by atoms with Crippen LogP contribution in [0.1, 0.15) is 54.1 Å². The molecular formula is C32H34N3O2+. The molecule has 0 spiro atoms. The first-order chi connectivity index (χ1) is 17.9. The molecule has 0 radical (unpaired) electrons. The van der Waals surface area contributed by atoms with E-state index in [0.717, 1.165) is 24.8 Å². The third-order valence-electron chi connectivity index (χ3n) is 7.24. The van der Waals surface area contributed by atoms with Crippen LogP contribution < -0.4 is 9.58 Å². The highest BCUT2D eigenvalue weighted by Crippen LogP contribution is 2.42. The predicted octanol–water partition coefficient (Wildman–Crippen LogP) is 6.10. The summed E-state index contributed by atoms with van der Waals surface area (Å²) in [7, 11) is 2.00. The van der Waals surface area contributed by atoms with E-state index < -0.39 is 5.97 Å². The van der Waals surface area contributed by atoms with Crippen LogP contribution in [0.15, 0.2) is 85.2 Å². The van der Waals surface area contributed by atoms with E-state index in [9.17, 15) is 4.79 Å². The number of benzene rings is 3. The lowest BCUT2D eigenvalue weighted by molar-refractivity contribution is -0.726. The topological polar surface area (TPSA) is 60.2 Å². The third-order valence-corrected chi connectivity index (χ3v) is 7.24. The van der Waals surface area contributed by atoms with Crippen LogP contribution in [-0.4, -0.2) is 22.2 Å². The number of carboxylic acid groups (broad SMARTS) is 1. The van der Waals surface area contributed by atoms with E-state index in [1.807, 2.05) is 30.1 Å². The van der Waals surface area contributed by atoms with E-state index in [4.69, 9.17) is 5.11 Å². The number of hydrogen-bond acceptors (Lipinski definition) is 2. The number of aryl methyl sites for hydroxylation is 2. The average Bonchev–Trinajstić information content (AvgIpc) is 3.34. The van der Waals surface area contributed by atoms with Crippen LogP contribution >= 0.6 is 0 Å². The summed E-state index contributed by atoms with van der Waals surface area (Å²) in [6.07, 6.45) is 10.2. The molecule has 2 N–H and O–H groups in total. The fourth-order valence-electron chi connectivity index (χ4n) is 5.49. The van der Waals surface area contributed by atoms with Gasteiger partial charge in [0.25, 0.3) is 0 Å². The molecule has 5 nitrogen and oxygen atoms in total. The van der Waals surface area contributed by atoms with Gasteiger partial charge in [0.2, 0.25) is 6.20 Å². The van der Waals surface area contributed by atoms with Crippen molar-refractivity contribution >= 4 is 17.7 Å². The second kappa shape index (κ2) is 10.5. The molecule has 188 valence electrons. The first-order valence-corrected chi connectivity index (χ1v) is 13.0. The molecule has 1 aliphatic heterocycles. The Hall–Kier alpha value is -4.12. The zero-order valence-electron chi connectivity index (χ0n) is 21.7. The molecule has 1 aliphatic rings. The SMILES string of the molecule is CCCc1ccc(N2C(C)Cc3cc(-c4c[nH][n+](C)c4)ccc3C2c2ccc(/C=C/C(=O)O)cc2)cc1. The molecule has 0 amide bonds. The lowest BCUT2D eigenvalue weighted by Crippen LogP contribution is -2.42. The number of anilines is 1. The van der Waals surface area contributed by atoms with E-state index in [2.05, 4.69) is 84.6 Å². The van der Waals surface area contributed by atoms with Gasteiger partial charge in [-0.2, -0.15) is 5.10 Å². The molecule has 2 unspecified atom stereocenters. The minimum Gasteiger partial charge on any atom is -0.478 e. The van der Waals surface area contributed by atoms with Crippen LogP contribution in [0.3, 0.4) is 0 Å². The van der Waals surface area contributed by atoms with Gasteiger partial charge in [0, 0.05) is 17.8 Å². The fourth-order valence-corrected chi connectivity index (χ4v) is 5.49. The highest BCUT2D eigenvalue weighted by molar-refractivity contribution is 5.85. The van der Waals surface area contributed by atoms with E-state index >= 15 is 0 Å².